The average Bonchev–Trinajstić information content (AvgIpc) is 2.65. The summed E-state index contributed by atoms with van der Waals surface area (Å²) in [6, 6.07) is 18.0. The molecule has 1 amide bonds. The molecule has 26 heavy (non-hydrogen) atoms. The molecule has 0 aliphatic rings. The summed E-state index contributed by atoms with van der Waals surface area (Å²) in [4.78, 5) is 19.5. The van der Waals surface area contributed by atoms with Crippen molar-refractivity contribution in [3.05, 3.63) is 77.0 Å². The van der Waals surface area contributed by atoms with Gasteiger partial charge in [0.15, 0.2) is 0 Å². The van der Waals surface area contributed by atoms with Crippen LogP contribution in [0.15, 0.2) is 54.6 Å². The average molecular weight is 347 g/mol. The molecule has 0 saturated heterocycles. The van der Waals surface area contributed by atoms with Gasteiger partial charge < -0.3 is 10.2 Å². The molecule has 3 aromatic rings. The van der Waals surface area contributed by atoms with Crippen LogP contribution in [0, 0.1) is 6.92 Å². The number of amides is 1. The van der Waals surface area contributed by atoms with Gasteiger partial charge in [-0.2, -0.15) is 0 Å². The summed E-state index contributed by atoms with van der Waals surface area (Å²) in [5.74, 6) is -0.0669. The van der Waals surface area contributed by atoms with Crippen LogP contribution in [0.5, 0.6) is 0 Å². The molecule has 134 valence electrons. The normalized spacial score (nSPS) is 11.1. The molecular formula is C22H25N3O. The number of rotatable bonds is 6. The predicted molar refractivity (Wildman–Crippen MR) is 106 cm³/mol. The van der Waals surface area contributed by atoms with E-state index < -0.39 is 0 Å². The zero-order chi connectivity index (χ0) is 18.5. The summed E-state index contributed by atoms with van der Waals surface area (Å²) in [6.45, 7) is 6.49. The molecular weight excluding hydrogens is 322 g/mol. The summed E-state index contributed by atoms with van der Waals surface area (Å²) >= 11 is 0. The van der Waals surface area contributed by atoms with Crippen molar-refractivity contribution in [2.45, 2.75) is 26.9 Å². The minimum absolute atomic E-state index is 0.0669. The Morgan fingerprint density at radius 3 is 2.65 bits per heavy atom. The van der Waals surface area contributed by atoms with Gasteiger partial charge in [0.1, 0.15) is 0 Å². The van der Waals surface area contributed by atoms with Gasteiger partial charge in [0, 0.05) is 24.2 Å². The quantitative estimate of drug-likeness (QED) is 0.735. The molecule has 0 bridgehead atoms. The minimum atomic E-state index is -0.0669. The highest BCUT2D eigenvalue weighted by molar-refractivity contribution is 6.06. The molecule has 4 nitrogen and oxygen atoms in total. The highest BCUT2D eigenvalue weighted by Crippen LogP contribution is 2.18. The molecule has 1 N–H and O–H groups in total. The SMILES string of the molecule is CCN(C)Cc1cccc(CNC(=O)c2cc(C)nc3ccccc23)c1. The van der Waals surface area contributed by atoms with E-state index in [0.29, 0.717) is 12.1 Å². The molecule has 0 saturated carbocycles. The number of aryl methyl sites for hydroxylation is 1. The van der Waals surface area contributed by atoms with Crippen LogP contribution in [0.4, 0.5) is 0 Å². The minimum Gasteiger partial charge on any atom is -0.348 e. The number of carbonyl (C=O) groups excluding carboxylic acids is 1. The van der Waals surface area contributed by atoms with Gasteiger partial charge in [-0.25, -0.2) is 0 Å². The van der Waals surface area contributed by atoms with E-state index in [1.54, 1.807) is 0 Å². The van der Waals surface area contributed by atoms with Crippen LogP contribution in [-0.4, -0.2) is 29.4 Å². The second-order valence-electron chi connectivity index (χ2n) is 6.66. The standard InChI is InChI=1S/C22H25N3O/c1-4-25(3)15-18-9-7-8-17(13-18)14-23-22(26)20-12-16(2)24-21-11-6-5-10-19(20)21/h5-13H,4,14-15H2,1-3H3,(H,23,26). The van der Waals surface area contributed by atoms with Crippen LogP contribution in [0.2, 0.25) is 0 Å². The Hall–Kier alpha value is -2.72. The lowest BCUT2D eigenvalue weighted by atomic mass is 10.1. The Bertz CT molecular complexity index is 920. The Labute approximate surface area is 154 Å². The van der Waals surface area contributed by atoms with Crippen LogP contribution in [0.25, 0.3) is 10.9 Å². The van der Waals surface area contributed by atoms with Crippen molar-refractivity contribution in [1.29, 1.82) is 0 Å². The lowest BCUT2D eigenvalue weighted by Crippen LogP contribution is -2.23. The number of hydrogen-bond acceptors (Lipinski definition) is 3. The maximum atomic E-state index is 12.7. The summed E-state index contributed by atoms with van der Waals surface area (Å²) in [6.07, 6.45) is 0. The van der Waals surface area contributed by atoms with Gasteiger partial charge >= 0.3 is 0 Å². The van der Waals surface area contributed by atoms with Gasteiger partial charge in [-0.3, -0.25) is 9.78 Å². The van der Waals surface area contributed by atoms with E-state index in [4.69, 9.17) is 0 Å². The Morgan fingerprint density at radius 1 is 1.08 bits per heavy atom. The van der Waals surface area contributed by atoms with E-state index in [9.17, 15) is 4.79 Å². The Balaban J connectivity index is 1.75. The van der Waals surface area contributed by atoms with Gasteiger partial charge in [0.25, 0.3) is 5.91 Å². The Kier molecular flexibility index (Phi) is 5.64. The number of fused-ring (bicyclic) bond motifs is 1. The first-order chi connectivity index (χ1) is 12.6. The molecule has 1 aromatic heterocycles. The van der Waals surface area contributed by atoms with Crippen molar-refractivity contribution in [1.82, 2.24) is 15.2 Å². The molecule has 0 aliphatic carbocycles. The van der Waals surface area contributed by atoms with Crippen LogP contribution < -0.4 is 5.32 Å². The molecule has 0 spiro atoms. The molecule has 1 heterocycles. The second-order valence-corrected chi connectivity index (χ2v) is 6.66. The van der Waals surface area contributed by atoms with Crippen LogP contribution in [-0.2, 0) is 13.1 Å². The third-order valence-corrected chi connectivity index (χ3v) is 4.53. The smallest absolute Gasteiger partial charge is 0.252 e. The largest absolute Gasteiger partial charge is 0.348 e. The van der Waals surface area contributed by atoms with Crippen molar-refractivity contribution in [2.75, 3.05) is 13.6 Å². The van der Waals surface area contributed by atoms with E-state index in [1.807, 2.05) is 49.4 Å². The highest BCUT2D eigenvalue weighted by Gasteiger charge is 2.11. The molecule has 0 fully saturated rings. The lowest BCUT2D eigenvalue weighted by molar-refractivity contribution is 0.0952. The van der Waals surface area contributed by atoms with Crippen LogP contribution in [0.3, 0.4) is 0 Å². The van der Waals surface area contributed by atoms with Crippen LogP contribution >= 0.6 is 0 Å². The fraction of sp³-hybridized carbons (Fsp3) is 0.273. The number of nitrogens with one attached hydrogen (secondary N) is 1. The molecule has 0 radical (unpaired) electrons. The van der Waals surface area contributed by atoms with Gasteiger partial charge in [-0.15, -0.1) is 0 Å². The highest BCUT2D eigenvalue weighted by atomic mass is 16.1. The van der Waals surface area contributed by atoms with E-state index in [2.05, 4.69) is 41.3 Å². The molecule has 4 heteroatoms. The first kappa shape index (κ1) is 18.1. The van der Waals surface area contributed by atoms with E-state index in [1.165, 1.54) is 5.56 Å². The van der Waals surface area contributed by atoms with Crippen molar-refractivity contribution in [3.63, 3.8) is 0 Å². The summed E-state index contributed by atoms with van der Waals surface area (Å²) in [5.41, 5.74) is 4.73. The van der Waals surface area contributed by atoms with Gasteiger partial charge in [-0.05, 0) is 43.8 Å². The fourth-order valence-corrected chi connectivity index (χ4v) is 3.03. The van der Waals surface area contributed by atoms with Crippen molar-refractivity contribution in [3.8, 4) is 0 Å². The van der Waals surface area contributed by atoms with Crippen molar-refractivity contribution >= 4 is 16.8 Å². The topological polar surface area (TPSA) is 45.2 Å². The number of carbonyl (C=O) groups is 1. The predicted octanol–water partition coefficient (Wildman–Crippen LogP) is 3.92. The monoisotopic (exact) mass is 347 g/mol. The first-order valence-electron chi connectivity index (χ1n) is 8.97. The Morgan fingerprint density at radius 2 is 1.85 bits per heavy atom. The van der Waals surface area contributed by atoms with Crippen molar-refractivity contribution < 1.29 is 4.79 Å². The maximum absolute atomic E-state index is 12.7. The molecule has 0 unspecified atom stereocenters. The number of nitrogens with zero attached hydrogens (tertiary/aromatic N) is 2. The maximum Gasteiger partial charge on any atom is 0.252 e. The molecule has 0 atom stereocenters. The number of aromatic nitrogens is 1. The zero-order valence-electron chi connectivity index (χ0n) is 15.6. The zero-order valence-corrected chi connectivity index (χ0v) is 15.6. The fourth-order valence-electron chi connectivity index (χ4n) is 3.03. The van der Waals surface area contributed by atoms with Crippen molar-refractivity contribution in [2.24, 2.45) is 0 Å². The number of benzene rings is 2. The lowest BCUT2D eigenvalue weighted by Gasteiger charge is -2.14. The summed E-state index contributed by atoms with van der Waals surface area (Å²) in [5, 5.41) is 3.93. The second kappa shape index (κ2) is 8.11. The number of para-hydroxylation sites is 1. The molecule has 3 rings (SSSR count). The van der Waals surface area contributed by atoms with Crippen LogP contribution in [0.1, 0.15) is 34.1 Å². The van der Waals surface area contributed by atoms with Gasteiger partial charge in [0.05, 0.1) is 11.1 Å². The third kappa shape index (κ3) is 4.27. The molecule has 2 aromatic carbocycles. The van der Waals surface area contributed by atoms with E-state index >= 15 is 0 Å². The van der Waals surface area contributed by atoms with Gasteiger partial charge in [-0.1, -0.05) is 49.4 Å². The summed E-state index contributed by atoms with van der Waals surface area (Å²) < 4.78 is 0. The molecule has 0 aliphatic heterocycles. The first-order valence-corrected chi connectivity index (χ1v) is 8.97. The number of pyridine rings is 1. The van der Waals surface area contributed by atoms with E-state index in [-0.39, 0.29) is 5.91 Å². The number of hydrogen-bond donors (Lipinski definition) is 1. The third-order valence-electron chi connectivity index (χ3n) is 4.53. The van der Waals surface area contributed by atoms with E-state index in [0.717, 1.165) is 35.2 Å². The van der Waals surface area contributed by atoms with Gasteiger partial charge in [0.2, 0.25) is 0 Å². The summed E-state index contributed by atoms with van der Waals surface area (Å²) in [7, 11) is 2.10.